The molecule has 7 nitrogen and oxygen atoms in total. The fourth-order valence-electron chi connectivity index (χ4n) is 2.38. The van der Waals surface area contributed by atoms with Gasteiger partial charge in [-0.2, -0.15) is 0 Å². The summed E-state index contributed by atoms with van der Waals surface area (Å²) in [6.45, 7) is 3.02. The number of carbonyl (C=O) groups excluding carboxylic acids is 1. The number of hydrogen-bond acceptors (Lipinski definition) is 6. The summed E-state index contributed by atoms with van der Waals surface area (Å²) in [6.07, 6.45) is 3.05. The van der Waals surface area contributed by atoms with Crippen LogP contribution in [0.25, 0.3) is 0 Å². The Kier molecular flexibility index (Phi) is 4.40. The second-order valence-corrected chi connectivity index (χ2v) is 5.06. The van der Waals surface area contributed by atoms with E-state index in [9.17, 15) is 4.79 Å². The van der Waals surface area contributed by atoms with E-state index in [1.165, 1.54) is 0 Å². The molecule has 114 valence electrons. The Hall–Kier alpha value is -2.02. The maximum absolute atomic E-state index is 11.7. The van der Waals surface area contributed by atoms with Crippen molar-refractivity contribution in [2.24, 2.45) is 0 Å². The molecule has 3 rings (SSSR count). The number of ether oxygens (including phenoxy) is 3. The molecule has 0 aliphatic carbocycles. The Morgan fingerprint density at radius 1 is 1.33 bits per heavy atom. The third-order valence-electron chi connectivity index (χ3n) is 3.50. The van der Waals surface area contributed by atoms with E-state index >= 15 is 0 Å². The van der Waals surface area contributed by atoms with Crippen molar-refractivity contribution < 1.29 is 19.0 Å². The number of amides is 1. The van der Waals surface area contributed by atoms with E-state index in [1.54, 1.807) is 12.3 Å². The van der Waals surface area contributed by atoms with Gasteiger partial charge in [-0.3, -0.25) is 4.98 Å². The molecule has 0 bridgehead atoms. The van der Waals surface area contributed by atoms with Crippen LogP contribution in [0.4, 0.5) is 4.79 Å². The monoisotopic (exact) mass is 293 g/mol. The van der Waals surface area contributed by atoms with Gasteiger partial charge in [0.2, 0.25) is 0 Å². The smallest absolute Gasteiger partial charge is 0.407 e. The van der Waals surface area contributed by atoms with Crippen LogP contribution in [-0.2, 0) is 11.3 Å². The number of alkyl carbamates (subject to hydrolysis) is 1. The summed E-state index contributed by atoms with van der Waals surface area (Å²) in [5.74, 6) is 1.28. The van der Waals surface area contributed by atoms with Gasteiger partial charge in [0.05, 0.1) is 11.9 Å². The van der Waals surface area contributed by atoms with Gasteiger partial charge in [-0.05, 0) is 25.9 Å². The van der Waals surface area contributed by atoms with Gasteiger partial charge in [0.25, 0.3) is 0 Å². The van der Waals surface area contributed by atoms with E-state index in [4.69, 9.17) is 14.2 Å². The van der Waals surface area contributed by atoms with Crippen molar-refractivity contribution >= 4 is 6.09 Å². The minimum atomic E-state index is -0.404. The van der Waals surface area contributed by atoms with Crippen LogP contribution >= 0.6 is 0 Å². The van der Waals surface area contributed by atoms with Gasteiger partial charge in [0.1, 0.15) is 19.8 Å². The molecule has 0 spiro atoms. The normalized spacial score (nSPS) is 18.1. The maximum atomic E-state index is 11.7. The van der Waals surface area contributed by atoms with Gasteiger partial charge in [-0.25, -0.2) is 4.79 Å². The van der Waals surface area contributed by atoms with Gasteiger partial charge in [-0.15, -0.1) is 0 Å². The average Bonchev–Trinajstić information content (AvgIpc) is 2.54. The maximum Gasteiger partial charge on any atom is 0.407 e. The Morgan fingerprint density at radius 2 is 2.10 bits per heavy atom. The molecule has 1 aromatic heterocycles. The molecule has 2 aliphatic rings. The van der Waals surface area contributed by atoms with Crippen LogP contribution in [-0.4, -0.2) is 43.4 Å². The van der Waals surface area contributed by atoms with Gasteiger partial charge < -0.3 is 24.8 Å². The molecule has 1 saturated heterocycles. The Morgan fingerprint density at radius 3 is 2.90 bits per heavy atom. The molecule has 0 aromatic carbocycles. The van der Waals surface area contributed by atoms with Crippen LogP contribution < -0.4 is 20.1 Å². The van der Waals surface area contributed by atoms with Crippen molar-refractivity contribution in [1.29, 1.82) is 0 Å². The second-order valence-electron chi connectivity index (χ2n) is 5.06. The first-order chi connectivity index (χ1) is 10.3. The molecule has 1 amide bonds. The van der Waals surface area contributed by atoms with E-state index in [1.807, 2.05) is 0 Å². The average molecular weight is 293 g/mol. The lowest BCUT2D eigenvalue weighted by molar-refractivity contribution is 0.131. The second kappa shape index (κ2) is 6.62. The SMILES string of the molecule is O=C(NC1CCNCC1)OCc1cc2c(cn1)OCCO2. The minimum Gasteiger partial charge on any atom is -0.486 e. The number of nitrogens with one attached hydrogen (secondary N) is 2. The quantitative estimate of drug-likeness (QED) is 0.859. The van der Waals surface area contributed by atoms with Crippen LogP contribution in [0.2, 0.25) is 0 Å². The zero-order chi connectivity index (χ0) is 14.5. The van der Waals surface area contributed by atoms with Crippen molar-refractivity contribution in [3.05, 3.63) is 18.0 Å². The summed E-state index contributed by atoms with van der Waals surface area (Å²) in [5.41, 5.74) is 0.639. The molecular weight excluding hydrogens is 274 g/mol. The number of nitrogens with zero attached hydrogens (tertiary/aromatic N) is 1. The summed E-state index contributed by atoms with van der Waals surface area (Å²) in [6, 6.07) is 1.93. The van der Waals surface area contributed by atoms with Crippen LogP contribution in [0.15, 0.2) is 12.3 Å². The van der Waals surface area contributed by atoms with Gasteiger partial charge in [0, 0.05) is 12.1 Å². The van der Waals surface area contributed by atoms with E-state index < -0.39 is 6.09 Å². The summed E-state index contributed by atoms with van der Waals surface area (Å²) < 4.78 is 16.0. The van der Waals surface area contributed by atoms with Crippen molar-refractivity contribution in [2.45, 2.75) is 25.5 Å². The summed E-state index contributed by atoms with van der Waals surface area (Å²) >= 11 is 0. The fourth-order valence-corrected chi connectivity index (χ4v) is 2.38. The summed E-state index contributed by atoms with van der Waals surface area (Å²) in [7, 11) is 0. The Bertz CT molecular complexity index is 503. The van der Waals surface area contributed by atoms with E-state index in [-0.39, 0.29) is 12.6 Å². The van der Waals surface area contributed by atoms with Crippen molar-refractivity contribution in [2.75, 3.05) is 26.3 Å². The highest BCUT2D eigenvalue weighted by atomic mass is 16.6. The molecule has 1 aromatic rings. The zero-order valence-electron chi connectivity index (χ0n) is 11.8. The standard InChI is InChI=1S/C14H19N3O4/c18-14(17-10-1-3-15-4-2-10)21-9-11-7-12-13(8-16-11)20-6-5-19-12/h7-8,10,15H,1-6,9H2,(H,17,18). The number of carbonyl (C=O) groups is 1. The van der Waals surface area contributed by atoms with Crippen molar-refractivity contribution in [1.82, 2.24) is 15.6 Å². The number of rotatable bonds is 3. The first-order valence-corrected chi connectivity index (χ1v) is 7.20. The molecule has 0 radical (unpaired) electrons. The molecule has 21 heavy (non-hydrogen) atoms. The Balaban J connectivity index is 1.49. The topological polar surface area (TPSA) is 81.7 Å². The van der Waals surface area contributed by atoms with Crippen LogP contribution in [0.1, 0.15) is 18.5 Å². The molecule has 3 heterocycles. The van der Waals surface area contributed by atoms with Gasteiger partial charge >= 0.3 is 6.09 Å². The Labute approximate surface area is 123 Å². The third kappa shape index (κ3) is 3.75. The number of pyridine rings is 1. The van der Waals surface area contributed by atoms with Crippen LogP contribution in [0, 0.1) is 0 Å². The number of hydrogen-bond donors (Lipinski definition) is 2. The molecule has 2 N–H and O–H groups in total. The number of aromatic nitrogens is 1. The van der Waals surface area contributed by atoms with Gasteiger partial charge in [-0.1, -0.05) is 0 Å². The predicted octanol–water partition coefficient (Wildman–Crippen LogP) is 0.831. The first-order valence-electron chi connectivity index (χ1n) is 7.20. The molecular formula is C14H19N3O4. The molecule has 7 heteroatoms. The third-order valence-corrected chi connectivity index (χ3v) is 3.50. The van der Waals surface area contributed by atoms with Gasteiger partial charge in [0.15, 0.2) is 11.5 Å². The van der Waals surface area contributed by atoms with Crippen molar-refractivity contribution in [3.63, 3.8) is 0 Å². The van der Waals surface area contributed by atoms with E-state index in [0.717, 1.165) is 25.9 Å². The molecule has 0 saturated carbocycles. The summed E-state index contributed by atoms with van der Waals surface area (Å²) in [5, 5.41) is 6.11. The lowest BCUT2D eigenvalue weighted by atomic mass is 10.1. The molecule has 2 aliphatic heterocycles. The largest absolute Gasteiger partial charge is 0.486 e. The first kappa shape index (κ1) is 13.9. The molecule has 0 unspecified atom stereocenters. The van der Waals surface area contributed by atoms with E-state index in [2.05, 4.69) is 15.6 Å². The highest BCUT2D eigenvalue weighted by molar-refractivity contribution is 5.67. The van der Waals surface area contributed by atoms with Crippen LogP contribution in [0.3, 0.4) is 0 Å². The van der Waals surface area contributed by atoms with Crippen LogP contribution in [0.5, 0.6) is 11.5 Å². The number of fused-ring (bicyclic) bond motifs is 1. The highest BCUT2D eigenvalue weighted by Crippen LogP contribution is 2.29. The number of piperidine rings is 1. The van der Waals surface area contributed by atoms with Crippen molar-refractivity contribution in [3.8, 4) is 11.5 Å². The lowest BCUT2D eigenvalue weighted by Gasteiger charge is -2.23. The van der Waals surface area contributed by atoms with E-state index in [0.29, 0.717) is 30.4 Å². The predicted molar refractivity (Wildman–Crippen MR) is 74.4 cm³/mol. The lowest BCUT2D eigenvalue weighted by Crippen LogP contribution is -2.42. The molecule has 0 atom stereocenters. The molecule has 1 fully saturated rings. The minimum absolute atomic E-state index is 0.118. The fraction of sp³-hybridized carbons (Fsp3) is 0.571. The highest BCUT2D eigenvalue weighted by Gasteiger charge is 2.17. The summed E-state index contributed by atoms with van der Waals surface area (Å²) in [4.78, 5) is 15.9. The zero-order valence-corrected chi connectivity index (χ0v) is 11.8.